The number of aryl methyl sites for hydroxylation is 1. The van der Waals surface area contributed by atoms with Crippen LogP contribution in [0.1, 0.15) is 40.1 Å². The lowest BCUT2D eigenvalue weighted by molar-refractivity contribution is -0.182. The van der Waals surface area contributed by atoms with E-state index in [1.807, 2.05) is 25.3 Å². The Balaban J connectivity index is 1.29. The van der Waals surface area contributed by atoms with Crippen LogP contribution in [0.25, 0.3) is 5.82 Å². The molecule has 1 N–H and O–H groups in total. The number of fused-ring (bicyclic) bond motifs is 2. The molecule has 184 valence electrons. The second kappa shape index (κ2) is 9.56. The number of ether oxygens (including phenoxy) is 1. The van der Waals surface area contributed by atoms with E-state index in [0.717, 1.165) is 35.7 Å². The molecule has 1 fully saturated rings. The van der Waals surface area contributed by atoms with E-state index in [1.54, 1.807) is 10.9 Å². The minimum Gasteiger partial charge on any atom is -0.363 e. The molecule has 35 heavy (non-hydrogen) atoms. The summed E-state index contributed by atoms with van der Waals surface area (Å²) >= 11 is 7.33. The van der Waals surface area contributed by atoms with Gasteiger partial charge in [0, 0.05) is 60.1 Å². The largest absolute Gasteiger partial charge is 0.363 e. The average Bonchev–Trinajstić information content (AvgIpc) is 3.42. The number of likely N-dealkylation sites (tertiary alicyclic amines) is 1. The lowest BCUT2D eigenvalue weighted by Gasteiger charge is -2.45. The van der Waals surface area contributed by atoms with Crippen molar-refractivity contribution in [1.82, 2.24) is 25.0 Å². The van der Waals surface area contributed by atoms with Gasteiger partial charge in [0.05, 0.1) is 22.6 Å². The summed E-state index contributed by atoms with van der Waals surface area (Å²) in [6.07, 6.45) is 4.98. The molecule has 7 nitrogen and oxygen atoms in total. The van der Waals surface area contributed by atoms with E-state index in [-0.39, 0.29) is 12.1 Å². The molecule has 3 aromatic rings. The summed E-state index contributed by atoms with van der Waals surface area (Å²) in [6, 6.07) is 7.31. The normalized spacial score (nSPS) is 18.9. The van der Waals surface area contributed by atoms with Crippen LogP contribution in [0.4, 0.5) is 8.78 Å². The van der Waals surface area contributed by atoms with Gasteiger partial charge < -0.3 is 10.1 Å². The predicted molar refractivity (Wildman–Crippen MR) is 129 cm³/mol. The zero-order valence-corrected chi connectivity index (χ0v) is 20.8. The first-order valence-corrected chi connectivity index (χ1v) is 12.6. The first-order chi connectivity index (χ1) is 16.8. The molecule has 2 aliphatic rings. The van der Waals surface area contributed by atoms with Crippen LogP contribution in [-0.2, 0) is 29.3 Å². The van der Waals surface area contributed by atoms with Crippen molar-refractivity contribution in [3.63, 3.8) is 0 Å². The molecule has 2 aliphatic heterocycles. The monoisotopic (exact) mass is 518 g/mol. The number of nitriles is 1. The van der Waals surface area contributed by atoms with Crippen molar-refractivity contribution in [2.45, 2.75) is 44.4 Å². The van der Waals surface area contributed by atoms with E-state index in [0.29, 0.717) is 35.1 Å². The summed E-state index contributed by atoms with van der Waals surface area (Å²) < 4.78 is 36.8. The first-order valence-electron chi connectivity index (χ1n) is 11.4. The van der Waals surface area contributed by atoms with Crippen LogP contribution in [-0.4, -0.2) is 45.9 Å². The number of pyridine rings is 1. The van der Waals surface area contributed by atoms with E-state index >= 15 is 0 Å². The van der Waals surface area contributed by atoms with Gasteiger partial charge >= 0.3 is 0 Å². The van der Waals surface area contributed by atoms with Crippen molar-refractivity contribution < 1.29 is 13.5 Å². The molecule has 0 unspecified atom stereocenters. The van der Waals surface area contributed by atoms with Crippen LogP contribution in [0.3, 0.4) is 0 Å². The van der Waals surface area contributed by atoms with Crippen LogP contribution >= 0.6 is 22.9 Å². The van der Waals surface area contributed by atoms with Crippen molar-refractivity contribution in [3.05, 3.63) is 62.2 Å². The summed E-state index contributed by atoms with van der Waals surface area (Å²) in [5, 5.41) is 16.5. The highest BCUT2D eigenvalue weighted by atomic mass is 35.5. The van der Waals surface area contributed by atoms with Crippen LogP contribution in [0.15, 0.2) is 30.6 Å². The molecule has 0 saturated carbocycles. The van der Waals surface area contributed by atoms with E-state index in [4.69, 9.17) is 21.6 Å². The van der Waals surface area contributed by atoms with Gasteiger partial charge in [-0.15, -0.1) is 11.3 Å². The summed E-state index contributed by atoms with van der Waals surface area (Å²) in [7, 11) is 0. The second-order valence-electron chi connectivity index (χ2n) is 8.99. The molecule has 0 aliphatic carbocycles. The number of hydrogen-bond donors (Lipinski definition) is 1. The first kappa shape index (κ1) is 24.3. The lowest BCUT2D eigenvalue weighted by Crippen LogP contribution is -2.48. The third-order valence-corrected chi connectivity index (χ3v) is 8.15. The highest BCUT2D eigenvalue weighted by Crippen LogP contribution is 2.52. The van der Waals surface area contributed by atoms with Gasteiger partial charge in [-0.2, -0.15) is 19.1 Å². The molecule has 0 aromatic carbocycles. The Morgan fingerprint density at radius 2 is 2.11 bits per heavy atom. The van der Waals surface area contributed by atoms with Gasteiger partial charge in [-0.25, -0.2) is 9.67 Å². The van der Waals surface area contributed by atoms with Gasteiger partial charge in [0.1, 0.15) is 12.2 Å². The Kier molecular flexibility index (Phi) is 6.63. The van der Waals surface area contributed by atoms with E-state index in [2.05, 4.69) is 26.4 Å². The standard InChI is InChI=1S/C24H25ClF2N6OS/c1-16-18(14-33(31-16)22-17(3-2-7-30-22)12-29-8-6-28)13-32-9-4-23(5-10-32)21-19(11-20(25)35-21)24(26,27)15-34-23/h2-3,7,11,14,29H,4-5,8-10,12-13,15H2,1H3. The van der Waals surface area contributed by atoms with E-state index in [9.17, 15) is 8.78 Å². The van der Waals surface area contributed by atoms with Gasteiger partial charge in [0.25, 0.3) is 5.92 Å². The molecule has 11 heteroatoms. The molecule has 5 heterocycles. The number of piperidine rings is 1. The summed E-state index contributed by atoms with van der Waals surface area (Å²) in [5.74, 6) is -2.27. The molecule has 1 spiro atoms. The van der Waals surface area contributed by atoms with Gasteiger partial charge in [-0.05, 0) is 31.9 Å². The number of alkyl halides is 2. The Bertz CT molecular complexity index is 1260. The van der Waals surface area contributed by atoms with E-state index < -0.39 is 18.1 Å². The maximum absolute atomic E-state index is 14.4. The highest BCUT2D eigenvalue weighted by Gasteiger charge is 2.51. The third-order valence-electron chi connectivity index (χ3n) is 6.70. The molecular weight excluding hydrogens is 494 g/mol. The number of hydrogen-bond acceptors (Lipinski definition) is 7. The predicted octanol–water partition coefficient (Wildman–Crippen LogP) is 4.52. The molecule has 3 aromatic heterocycles. The molecule has 0 bridgehead atoms. The quantitative estimate of drug-likeness (QED) is 0.382. The van der Waals surface area contributed by atoms with Crippen molar-refractivity contribution in [3.8, 4) is 11.9 Å². The minimum absolute atomic E-state index is 0.0275. The average molecular weight is 519 g/mol. The molecule has 0 amide bonds. The molecule has 1 saturated heterocycles. The second-order valence-corrected chi connectivity index (χ2v) is 10.7. The zero-order valence-electron chi connectivity index (χ0n) is 19.2. The third kappa shape index (κ3) is 4.71. The van der Waals surface area contributed by atoms with Gasteiger partial charge in [-0.3, -0.25) is 4.90 Å². The maximum atomic E-state index is 14.4. The highest BCUT2D eigenvalue weighted by molar-refractivity contribution is 7.16. The molecular formula is C24H25ClF2N6OS. The lowest BCUT2D eigenvalue weighted by atomic mass is 9.84. The van der Waals surface area contributed by atoms with Crippen molar-refractivity contribution in [2.24, 2.45) is 0 Å². The van der Waals surface area contributed by atoms with Crippen molar-refractivity contribution >= 4 is 22.9 Å². The van der Waals surface area contributed by atoms with Gasteiger partial charge in [-0.1, -0.05) is 17.7 Å². The molecule has 0 radical (unpaired) electrons. The fraction of sp³-hybridized carbons (Fsp3) is 0.458. The Labute approximate surface area is 211 Å². The fourth-order valence-corrected chi connectivity index (χ4v) is 6.29. The number of aromatic nitrogens is 3. The summed E-state index contributed by atoms with van der Waals surface area (Å²) in [6.45, 7) is 4.29. The van der Waals surface area contributed by atoms with Crippen molar-refractivity contribution in [2.75, 3.05) is 26.2 Å². The summed E-state index contributed by atoms with van der Waals surface area (Å²) in [5.41, 5.74) is 2.28. The fourth-order valence-electron chi connectivity index (χ4n) is 4.81. The smallest absolute Gasteiger partial charge is 0.297 e. The van der Waals surface area contributed by atoms with Crippen LogP contribution in [0.5, 0.6) is 0 Å². The Morgan fingerprint density at radius 1 is 1.31 bits per heavy atom. The van der Waals surface area contributed by atoms with Crippen LogP contribution < -0.4 is 5.32 Å². The molecule has 5 rings (SSSR count). The minimum atomic E-state index is -3.00. The number of rotatable bonds is 6. The van der Waals surface area contributed by atoms with Crippen molar-refractivity contribution in [1.29, 1.82) is 5.26 Å². The number of nitrogens with one attached hydrogen (secondary N) is 1. The topological polar surface area (TPSA) is 79.0 Å². The Morgan fingerprint density at radius 3 is 2.89 bits per heavy atom. The number of thiophene rings is 1. The maximum Gasteiger partial charge on any atom is 0.297 e. The van der Waals surface area contributed by atoms with Crippen LogP contribution in [0, 0.1) is 18.3 Å². The van der Waals surface area contributed by atoms with Gasteiger partial charge in [0.2, 0.25) is 0 Å². The van der Waals surface area contributed by atoms with E-state index in [1.165, 1.54) is 17.4 Å². The number of nitrogens with zero attached hydrogens (tertiary/aromatic N) is 5. The molecule has 0 atom stereocenters. The SMILES string of the molecule is Cc1nn(-c2ncccc2CNCC#N)cc1CN1CCC2(CC1)OCC(F)(F)c1cc(Cl)sc12. The zero-order chi connectivity index (χ0) is 24.6. The number of halogens is 3. The Hall–Kier alpha value is -2.42. The summed E-state index contributed by atoms with van der Waals surface area (Å²) in [4.78, 5) is 7.38. The van der Waals surface area contributed by atoms with Crippen LogP contribution in [0.2, 0.25) is 4.34 Å². The van der Waals surface area contributed by atoms with Gasteiger partial charge in [0.15, 0.2) is 5.82 Å².